The Kier molecular flexibility index (Phi) is 5.48. The molecule has 126 valence electrons. The summed E-state index contributed by atoms with van der Waals surface area (Å²) in [4.78, 5) is 3.96. The van der Waals surface area contributed by atoms with Crippen LogP contribution in [0.1, 0.15) is 24.5 Å². The molecule has 1 aromatic carbocycles. The molecule has 0 unspecified atom stereocenters. The smallest absolute Gasteiger partial charge is 0.246 e. The van der Waals surface area contributed by atoms with Gasteiger partial charge in [0.15, 0.2) is 0 Å². The van der Waals surface area contributed by atoms with Gasteiger partial charge in [0.25, 0.3) is 0 Å². The summed E-state index contributed by atoms with van der Waals surface area (Å²) in [6.07, 6.45) is 4.52. The van der Waals surface area contributed by atoms with Crippen LogP contribution in [-0.2, 0) is 23.1 Å². The zero-order valence-electron chi connectivity index (χ0n) is 12.7. The summed E-state index contributed by atoms with van der Waals surface area (Å²) in [7, 11) is -3.72. The van der Waals surface area contributed by atoms with E-state index in [-0.39, 0.29) is 6.54 Å². The summed E-state index contributed by atoms with van der Waals surface area (Å²) in [6, 6.07) is 7.41. The normalized spacial score (nSPS) is 12.5. The molecule has 0 saturated carbocycles. The van der Waals surface area contributed by atoms with E-state index in [1.165, 1.54) is 0 Å². The highest BCUT2D eigenvalue weighted by Gasteiger charge is 2.24. The lowest BCUT2D eigenvalue weighted by atomic mass is 10.1. The van der Waals surface area contributed by atoms with E-state index in [2.05, 4.69) is 9.71 Å². The van der Waals surface area contributed by atoms with Gasteiger partial charge in [-0.05, 0) is 18.1 Å². The highest BCUT2D eigenvalue weighted by atomic mass is 32.2. The minimum absolute atomic E-state index is 0.0788. The van der Waals surface area contributed by atoms with E-state index in [0.717, 1.165) is 11.1 Å². The summed E-state index contributed by atoms with van der Waals surface area (Å²) in [6.45, 7) is 1.42. The molecule has 23 heavy (non-hydrogen) atoms. The highest BCUT2D eigenvalue weighted by molar-refractivity contribution is 7.89. The Bertz CT molecular complexity index is 725. The molecule has 0 aliphatic heterocycles. The van der Waals surface area contributed by atoms with Gasteiger partial charge in [-0.3, -0.25) is 0 Å². The zero-order valence-corrected chi connectivity index (χ0v) is 13.6. The monoisotopic (exact) mass is 343 g/mol. The van der Waals surface area contributed by atoms with Gasteiger partial charge in [0, 0.05) is 31.9 Å². The number of halogens is 2. The summed E-state index contributed by atoms with van der Waals surface area (Å²) < 4.78 is 53.2. The highest BCUT2D eigenvalue weighted by Crippen LogP contribution is 2.17. The molecule has 0 aliphatic carbocycles. The first-order valence-electron chi connectivity index (χ1n) is 7.12. The van der Waals surface area contributed by atoms with Crippen LogP contribution in [0.15, 0.2) is 43.0 Å². The van der Waals surface area contributed by atoms with Crippen LogP contribution in [0, 0.1) is 0 Å². The van der Waals surface area contributed by atoms with Crippen molar-refractivity contribution in [2.45, 2.75) is 32.4 Å². The minimum Gasteiger partial charge on any atom is -0.333 e. The first-order valence-corrected chi connectivity index (χ1v) is 8.77. The van der Waals surface area contributed by atoms with Crippen LogP contribution in [0.25, 0.3) is 0 Å². The maximum Gasteiger partial charge on any atom is 0.246 e. The lowest BCUT2D eigenvalue weighted by Crippen LogP contribution is -2.28. The van der Waals surface area contributed by atoms with Crippen molar-refractivity contribution >= 4 is 10.0 Å². The van der Waals surface area contributed by atoms with E-state index < -0.39 is 28.1 Å². The lowest BCUT2D eigenvalue weighted by Gasteiger charge is -2.11. The first kappa shape index (κ1) is 17.6. The molecule has 5 nitrogen and oxygen atoms in total. The van der Waals surface area contributed by atoms with Crippen LogP contribution in [0.4, 0.5) is 8.78 Å². The minimum atomic E-state index is -3.72. The number of rotatable bonds is 8. The van der Waals surface area contributed by atoms with Crippen molar-refractivity contribution in [2.75, 3.05) is 5.75 Å². The molecular formula is C15H19F2N3O2S. The molecule has 2 aromatic rings. The van der Waals surface area contributed by atoms with E-state index in [4.69, 9.17) is 0 Å². The van der Waals surface area contributed by atoms with Gasteiger partial charge in [-0.2, -0.15) is 0 Å². The summed E-state index contributed by atoms with van der Waals surface area (Å²) >= 11 is 0. The van der Waals surface area contributed by atoms with E-state index in [0.29, 0.717) is 13.5 Å². The predicted molar refractivity (Wildman–Crippen MR) is 83.6 cm³/mol. The molecular weight excluding hydrogens is 324 g/mol. The third-order valence-corrected chi connectivity index (χ3v) is 4.55. The molecule has 0 atom stereocenters. The van der Waals surface area contributed by atoms with Gasteiger partial charge >= 0.3 is 0 Å². The molecule has 2 rings (SSSR count). The van der Waals surface area contributed by atoms with Gasteiger partial charge in [-0.1, -0.05) is 24.3 Å². The van der Waals surface area contributed by atoms with Gasteiger partial charge in [0.05, 0.1) is 12.1 Å². The molecule has 1 N–H and O–H groups in total. The van der Waals surface area contributed by atoms with Crippen molar-refractivity contribution in [3.63, 3.8) is 0 Å². The Balaban J connectivity index is 1.93. The molecule has 0 aliphatic rings. The van der Waals surface area contributed by atoms with Crippen LogP contribution >= 0.6 is 0 Å². The number of hydrogen-bond donors (Lipinski definition) is 1. The second-order valence-corrected chi connectivity index (χ2v) is 7.44. The standard InChI is InChI=1S/C15H19F2N3O2S/c1-15(16,17)5-8-23(21,22)19-10-13-3-2-4-14(9-13)11-20-7-6-18-12-20/h2-4,6-7,9,12,19H,5,8,10-11H2,1H3. The molecule has 0 spiro atoms. The van der Waals surface area contributed by atoms with E-state index in [9.17, 15) is 17.2 Å². The van der Waals surface area contributed by atoms with Gasteiger partial charge in [-0.25, -0.2) is 26.9 Å². The topological polar surface area (TPSA) is 64.0 Å². The Labute approximate surface area is 134 Å². The fraction of sp³-hybridized carbons (Fsp3) is 0.400. The SMILES string of the molecule is CC(F)(F)CCS(=O)(=O)NCc1cccc(Cn2ccnc2)c1. The maximum absolute atomic E-state index is 12.7. The number of imidazole rings is 1. The number of hydrogen-bond acceptors (Lipinski definition) is 3. The Morgan fingerprint density at radius 3 is 2.70 bits per heavy atom. The van der Waals surface area contributed by atoms with Crippen LogP contribution in [0.3, 0.4) is 0 Å². The molecule has 0 bridgehead atoms. The number of nitrogens with zero attached hydrogens (tertiary/aromatic N) is 2. The van der Waals surface area contributed by atoms with Crippen molar-refractivity contribution in [2.24, 2.45) is 0 Å². The Morgan fingerprint density at radius 1 is 1.30 bits per heavy atom. The van der Waals surface area contributed by atoms with E-state index in [1.54, 1.807) is 18.6 Å². The molecule has 8 heteroatoms. The lowest BCUT2D eigenvalue weighted by molar-refractivity contribution is 0.0189. The van der Waals surface area contributed by atoms with Crippen LogP contribution in [0.2, 0.25) is 0 Å². The average molecular weight is 343 g/mol. The quantitative estimate of drug-likeness (QED) is 0.800. The molecule has 1 heterocycles. The van der Waals surface area contributed by atoms with E-state index in [1.807, 2.05) is 29.0 Å². The molecule has 1 aromatic heterocycles. The largest absolute Gasteiger partial charge is 0.333 e. The van der Waals surface area contributed by atoms with Gasteiger partial charge in [-0.15, -0.1) is 0 Å². The third-order valence-electron chi connectivity index (χ3n) is 3.22. The number of sulfonamides is 1. The second kappa shape index (κ2) is 7.18. The fourth-order valence-corrected chi connectivity index (χ4v) is 3.17. The Hall–Kier alpha value is -1.80. The van der Waals surface area contributed by atoms with Crippen LogP contribution in [0.5, 0.6) is 0 Å². The third kappa shape index (κ3) is 6.45. The number of nitrogens with one attached hydrogen (secondary N) is 1. The van der Waals surface area contributed by atoms with Crippen molar-refractivity contribution in [3.05, 3.63) is 54.1 Å². The maximum atomic E-state index is 12.7. The number of benzene rings is 1. The second-order valence-electron chi connectivity index (χ2n) is 5.52. The van der Waals surface area contributed by atoms with Gasteiger partial charge < -0.3 is 4.57 Å². The van der Waals surface area contributed by atoms with Crippen molar-refractivity contribution in [1.82, 2.24) is 14.3 Å². The van der Waals surface area contributed by atoms with Crippen molar-refractivity contribution < 1.29 is 17.2 Å². The molecule has 0 saturated heterocycles. The van der Waals surface area contributed by atoms with Crippen molar-refractivity contribution in [3.8, 4) is 0 Å². The van der Waals surface area contributed by atoms with Crippen molar-refractivity contribution in [1.29, 1.82) is 0 Å². The summed E-state index contributed by atoms with van der Waals surface area (Å²) in [5.41, 5.74) is 1.77. The fourth-order valence-electron chi connectivity index (χ4n) is 2.01. The number of alkyl halides is 2. The van der Waals surface area contributed by atoms with E-state index >= 15 is 0 Å². The Morgan fingerprint density at radius 2 is 2.04 bits per heavy atom. The van der Waals surface area contributed by atoms with Crippen LogP contribution < -0.4 is 4.72 Å². The summed E-state index contributed by atoms with van der Waals surface area (Å²) in [5, 5.41) is 0. The first-order chi connectivity index (χ1) is 10.7. The van der Waals surface area contributed by atoms with Gasteiger partial charge in [0.2, 0.25) is 15.9 Å². The van der Waals surface area contributed by atoms with Gasteiger partial charge in [0.1, 0.15) is 0 Å². The number of aromatic nitrogens is 2. The molecule has 0 radical (unpaired) electrons. The average Bonchev–Trinajstić information content (AvgIpc) is 2.96. The zero-order chi connectivity index (χ0) is 16.9. The van der Waals surface area contributed by atoms with Crippen LogP contribution in [-0.4, -0.2) is 29.6 Å². The molecule has 0 amide bonds. The molecule has 0 fully saturated rings. The predicted octanol–water partition coefficient (Wildman–Crippen LogP) is 2.40. The summed E-state index contributed by atoms with van der Waals surface area (Å²) in [5.74, 6) is -3.58.